The topological polar surface area (TPSA) is 70.9 Å². The SMILES string of the molecule is N=C(N)C1CCCN(CCCn2ccnc2)C1. The quantitative estimate of drug-likeness (QED) is 0.589. The molecule has 17 heavy (non-hydrogen) atoms. The van der Waals surface area contributed by atoms with Crippen molar-refractivity contribution in [3.8, 4) is 0 Å². The number of nitrogens with zero attached hydrogens (tertiary/aromatic N) is 3. The normalized spacial score (nSPS) is 21.5. The van der Waals surface area contributed by atoms with Gasteiger partial charge in [-0.05, 0) is 32.4 Å². The van der Waals surface area contributed by atoms with Crippen LogP contribution in [0.1, 0.15) is 19.3 Å². The minimum absolute atomic E-state index is 0.275. The maximum Gasteiger partial charge on any atom is 0.0949 e. The van der Waals surface area contributed by atoms with Gasteiger partial charge in [-0.25, -0.2) is 4.98 Å². The summed E-state index contributed by atoms with van der Waals surface area (Å²) in [7, 11) is 0. The van der Waals surface area contributed by atoms with Crippen LogP contribution in [0.3, 0.4) is 0 Å². The Hall–Kier alpha value is -1.36. The average molecular weight is 235 g/mol. The van der Waals surface area contributed by atoms with Crippen molar-refractivity contribution in [3.05, 3.63) is 18.7 Å². The summed E-state index contributed by atoms with van der Waals surface area (Å²) in [4.78, 5) is 6.45. The Morgan fingerprint density at radius 3 is 3.06 bits per heavy atom. The number of nitrogens with one attached hydrogen (secondary N) is 1. The number of aromatic nitrogens is 2. The lowest BCUT2D eigenvalue weighted by Gasteiger charge is -2.32. The molecule has 3 N–H and O–H groups in total. The molecule has 0 aromatic carbocycles. The molecular formula is C12H21N5. The zero-order valence-corrected chi connectivity index (χ0v) is 10.2. The molecule has 1 aromatic rings. The van der Waals surface area contributed by atoms with E-state index in [1.54, 1.807) is 0 Å². The van der Waals surface area contributed by atoms with Gasteiger partial charge in [0.2, 0.25) is 0 Å². The lowest BCUT2D eigenvalue weighted by molar-refractivity contribution is 0.198. The standard InChI is InChI=1S/C12H21N5/c13-12(14)11-3-1-5-16(9-11)6-2-7-17-8-4-15-10-17/h4,8,10-11H,1-3,5-7,9H2,(H3,13,14). The summed E-state index contributed by atoms with van der Waals surface area (Å²) in [5.41, 5.74) is 5.58. The Morgan fingerprint density at radius 1 is 1.47 bits per heavy atom. The highest BCUT2D eigenvalue weighted by molar-refractivity contribution is 5.79. The Bertz CT molecular complexity index is 346. The minimum atomic E-state index is 0.275. The lowest BCUT2D eigenvalue weighted by Crippen LogP contribution is -2.41. The molecule has 1 saturated heterocycles. The van der Waals surface area contributed by atoms with Crippen molar-refractivity contribution >= 4 is 5.84 Å². The van der Waals surface area contributed by atoms with Gasteiger partial charge in [-0.2, -0.15) is 0 Å². The monoisotopic (exact) mass is 235 g/mol. The summed E-state index contributed by atoms with van der Waals surface area (Å²) in [5, 5.41) is 7.51. The van der Waals surface area contributed by atoms with E-state index >= 15 is 0 Å². The number of aryl methyl sites for hydroxylation is 1. The van der Waals surface area contributed by atoms with Crippen LogP contribution >= 0.6 is 0 Å². The smallest absolute Gasteiger partial charge is 0.0949 e. The van der Waals surface area contributed by atoms with Crippen LogP contribution in [0.4, 0.5) is 0 Å². The first kappa shape index (κ1) is 12.1. The fraction of sp³-hybridized carbons (Fsp3) is 0.667. The summed E-state index contributed by atoms with van der Waals surface area (Å²) in [5.74, 6) is 0.626. The van der Waals surface area contributed by atoms with Gasteiger partial charge in [0, 0.05) is 31.4 Å². The molecule has 0 bridgehead atoms. The summed E-state index contributed by atoms with van der Waals surface area (Å²) >= 11 is 0. The van der Waals surface area contributed by atoms with E-state index in [4.69, 9.17) is 11.1 Å². The van der Waals surface area contributed by atoms with Gasteiger partial charge < -0.3 is 15.2 Å². The minimum Gasteiger partial charge on any atom is -0.387 e. The highest BCUT2D eigenvalue weighted by Gasteiger charge is 2.21. The van der Waals surface area contributed by atoms with Crippen LogP contribution in [0.5, 0.6) is 0 Å². The summed E-state index contributed by atoms with van der Waals surface area (Å²) in [6.45, 7) is 4.20. The zero-order chi connectivity index (χ0) is 12.1. The molecule has 1 unspecified atom stereocenters. The number of imidazole rings is 1. The van der Waals surface area contributed by atoms with Crippen molar-refractivity contribution in [2.45, 2.75) is 25.8 Å². The number of hydrogen-bond donors (Lipinski definition) is 2. The van der Waals surface area contributed by atoms with E-state index in [1.165, 1.54) is 0 Å². The maximum absolute atomic E-state index is 7.51. The third-order valence-corrected chi connectivity index (χ3v) is 3.40. The van der Waals surface area contributed by atoms with E-state index in [-0.39, 0.29) is 5.92 Å². The van der Waals surface area contributed by atoms with Crippen molar-refractivity contribution in [3.63, 3.8) is 0 Å². The number of nitrogens with two attached hydrogens (primary N) is 1. The largest absolute Gasteiger partial charge is 0.387 e. The molecule has 0 spiro atoms. The van der Waals surface area contributed by atoms with Crippen molar-refractivity contribution in [2.24, 2.45) is 11.7 Å². The van der Waals surface area contributed by atoms with E-state index in [9.17, 15) is 0 Å². The van der Waals surface area contributed by atoms with Crippen molar-refractivity contribution in [2.75, 3.05) is 19.6 Å². The molecule has 5 heteroatoms. The predicted octanol–water partition coefficient (Wildman–Crippen LogP) is 0.921. The fourth-order valence-electron chi connectivity index (χ4n) is 2.41. The summed E-state index contributed by atoms with van der Waals surface area (Å²) in [6, 6.07) is 0. The molecule has 0 aliphatic carbocycles. The second kappa shape index (κ2) is 5.82. The van der Waals surface area contributed by atoms with Gasteiger partial charge in [-0.1, -0.05) is 0 Å². The lowest BCUT2D eigenvalue weighted by atomic mass is 9.97. The first-order valence-electron chi connectivity index (χ1n) is 6.27. The Morgan fingerprint density at radius 2 is 2.35 bits per heavy atom. The Balaban J connectivity index is 1.70. The molecule has 5 nitrogen and oxygen atoms in total. The van der Waals surface area contributed by atoms with Gasteiger partial charge in [0.1, 0.15) is 0 Å². The average Bonchev–Trinajstić information content (AvgIpc) is 2.82. The van der Waals surface area contributed by atoms with Gasteiger partial charge in [0.25, 0.3) is 0 Å². The highest BCUT2D eigenvalue weighted by Crippen LogP contribution is 2.16. The van der Waals surface area contributed by atoms with Crippen molar-refractivity contribution in [1.29, 1.82) is 5.41 Å². The van der Waals surface area contributed by atoms with Crippen LogP contribution < -0.4 is 5.73 Å². The van der Waals surface area contributed by atoms with Gasteiger partial charge in [-0.15, -0.1) is 0 Å². The second-order valence-corrected chi connectivity index (χ2v) is 4.75. The second-order valence-electron chi connectivity index (χ2n) is 4.75. The summed E-state index contributed by atoms with van der Waals surface area (Å²) in [6.07, 6.45) is 9.03. The number of rotatable bonds is 5. The molecule has 1 atom stereocenters. The molecule has 1 aliphatic heterocycles. The third kappa shape index (κ3) is 3.56. The van der Waals surface area contributed by atoms with E-state index in [2.05, 4.69) is 14.5 Å². The molecule has 1 fully saturated rings. The first-order chi connectivity index (χ1) is 8.25. The molecule has 2 rings (SSSR count). The molecule has 2 heterocycles. The van der Waals surface area contributed by atoms with Crippen molar-refractivity contribution in [1.82, 2.24) is 14.5 Å². The van der Waals surface area contributed by atoms with Crippen LogP contribution in [0.15, 0.2) is 18.7 Å². The van der Waals surface area contributed by atoms with Gasteiger partial charge in [0.05, 0.1) is 12.2 Å². The predicted molar refractivity (Wildman–Crippen MR) is 67.9 cm³/mol. The van der Waals surface area contributed by atoms with E-state index in [1.807, 2.05) is 18.7 Å². The number of piperidine rings is 1. The van der Waals surface area contributed by atoms with Crippen LogP contribution in [-0.4, -0.2) is 39.9 Å². The molecule has 0 amide bonds. The fourth-order valence-corrected chi connectivity index (χ4v) is 2.41. The molecule has 0 saturated carbocycles. The molecule has 1 aromatic heterocycles. The first-order valence-corrected chi connectivity index (χ1v) is 6.27. The molecule has 1 aliphatic rings. The maximum atomic E-state index is 7.51. The molecule has 0 radical (unpaired) electrons. The van der Waals surface area contributed by atoms with Crippen LogP contribution in [-0.2, 0) is 6.54 Å². The number of amidine groups is 1. The molecular weight excluding hydrogens is 214 g/mol. The van der Waals surface area contributed by atoms with Crippen LogP contribution in [0.2, 0.25) is 0 Å². The van der Waals surface area contributed by atoms with E-state index in [0.717, 1.165) is 45.4 Å². The van der Waals surface area contributed by atoms with Crippen molar-refractivity contribution < 1.29 is 0 Å². The zero-order valence-electron chi connectivity index (χ0n) is 10.2. The van der Waals surface area contributed by atoms with E-state index in [0.29, 0.717) is 5.84 Å². The van der Waals surface area contributed by atoms with Crippen LogP contribution in [0.25, 0.3) is 0 Å². The third-order valence-electron chi connectivity index (χ3n) is 3.40. The molecule has 94 valence electrons. The number of hydrogen-bond acceptors (Lipinski definition) is 3. The number of likely N-dealkylation sites (tertiary alicyclic amines) is 1. The van der Waals surface area contributed by atoms with Gasteiger partial charge in [-0.3, -0.25) is 5.41 Å². The summed E-state index contributed by atoms with van der Waals surface area (Å²) < 4.78 is 2.10. The van der Waals surface area contributed by atoms with E-state index < -0.39 is 0 Å². The Kier molecular flexibility index (Phi) is 4.14. The van der Waals surface area contributed by atoms with Gasteiger partial charge in [0.15, 0.2) is 0 Å². The Labute approximate surface area is 102 Å². The van der Waals surface area contributed by atoms with Gasteiger partial charge >= 0.3 is 0 Å². The highest BCUT2D eigenvalue weighted by atomic mass is 15.1. The van der Waals surface area contributed by atoms with Crippen LogP contribution in [0, 0.1) is 11.3 Å².